The summed E-state index contributed by atoms with van der Waals surface area (Å²) < 4.78 is 63.5. The monoisotopic (exact) mass is 482 g/mol. The number of aromatic nitrogens is 3. The number of alkyl halides is 6. The van der Waals surface area contributed by atoms with Crippen LogP contribution in [0.2, 0.25) is 0 Å². The van der Waals surface area contributed by atoms with Crippen LogP contribution in [0.25, 0.3) is 0 Å². The van der Waals surface area contributed by atoms with E-state index in [-0.39, 0.29) is 0 Å². The second-order valence-electron chi connectivity index (χ2n) is 6.62. The number of hydrogen-bond acceptors (Lipinski definition) is 6. The highest BCUT2D eigenvalue weighted by molar-refractivity contribution is 5.73. The Morgan fingerprint density at radius 2 is 1.42 bits per heavy atom. The lowest BCUT2D eigenvalue weighted by Gasteiger charge is -2.19. The van der Waals surface area contributed by atoms with Gasteiger partial charge in [0.2, 0.25) is 0 Å². The molecule has 2 N–H and O–H groups in total. The summed E-state index contributed by atoms with van der Waals surface area (Å²) in [6.45, 7) is 5.21. The van der Waals surface area contributed by atoms with Gasteiger partial charge in [-0.2, -0.15) is 26.3 Å². The number of carboxylic acids is 2. The number of fused-ring (bicyclic) bond motifs is 1. The van der Waals surface area contributed by atoms with Crippen LogP contribution in [0.5, 0.6) is 0 Å². The maximum Gasteiger partial charge on any atom is 0.490 e. The molecule has 0 saturated carbocycles. The third-order valence-corrected chi connectivity index (χ3v) is 4.23. The third kappa shape index (κ3) is 10.2. The summed E-state index contributed by atoms with van der Waals surface area (Å²) in [6.07, 6.45) is -2.70. The van der Waals surface area contributed by atoms with Gasteiger partial charge in [0.15, 0.2) is 0 Å². The normalized spacial score (nSPS) is 13.9. The molecule has 0 atom stereocenters. The maximum absolute atomic E-state index is 10.6. The number of aryl methyl sites for hydroxylation is 1. The van der Waals surface area contributed by atoms with Gasteiger partial charge in [-0.3, -0.25) is 9.88 Å². The summed E-state index contributed by atoms with van der Waals surface area (Å²) in [5.74, 6) is -5.51. The molecule has 0 aromatic carbocycles. The van der Waals surface area contributed by atoms with Crippen molar-refractivity contribution in [1.82, 2.24) is 19.9 Å². The molecule has 8 nitrogen and oxygen atoms in total. The predicted molar refractivity (Wildman–Crippen MR) is 101 cm³/mol. The molecule has 182 valence electrons. The molecule has 33 heavy (non-hydrogen) atoms. The molecule has 2 aromatic heterocycles. The molecule has 0 saturated heterocycles. The standard InChI is InChI=1S/C15H18N4.2C2HF3O2/c1-12-14-4-8-19(9-5-15(14)18-11-17-12)10-13-2-6-16-7-3-13;2*3-2(4,5)1(6)7/h2-3,6-7,11H,4-5,8-10H2,1H3;2*(H,6,7). The van der Waals surface area contributed by atoms with Gasteiger partial charge < -0.3 is 10.2 Å². The molecule has 3 rings (SSSR count). The van der Waals surface area contributed by atoms with Crippen LogP contribution in [0.1, 0.15) is 22.5 Å². The number of nitrogens with zero attached hydrogens (tertiary/aromatic N) is 4. The number of aliphatic carboxylic acids is 2. The maximum atomic E-state index is 10.6. The summed E-state index contributed by atoms with van der Waals surface area (Å²) in [6, 6.07) is 4.17. The van der Waals surface area contributed by atoms with E-state index >= 15 is 0 Å². The quantitative estimate of drug-likeness (QED) is 0.628. The third-order valence-electron chi connectivity index (χ3n) is 4.23. The fraction of sp³-hybridized carbons (Fsp3) is 0.421. The van der Waals surface area contributed by atoms with Crippen LogP contribution >= 0.6 is 0 Å². The molecule has 0 aliphatic carbocycles. The van der Waals surface area contributed by atoms with Crippen LogP contribution in [-0.4, -0.2) is 67.4 Å². The van der Waals surface area contributed by atoms with Crippen LogP contribution in [0, 0.1) is 6.92 Å². The second-order valence-corrected chi connectivity index (χ2v) is 6.62. The van der Waals surface area contributed by atoms with Gasteiger partial charge in [0.1, 0.15) is 6.33 Å². The average molecular weight is 482 g/mol. The Morgan fingerprint density at radius 1 is 0.939 bits per heavy atom. The molecule has 1 aliphatic heterocycles. The number of carbonyl (C=O) groups is 2. The number of pyridine rings is 1. The molecule has 1 aliphatic rings. The summed E-state index contributed by atoms with van der Waals surface area (Å²) in [5, 5.41) is 14.2. The Bertz CT molecular complexity index is 899. The Morgan fingerprint density at radius 3 is 1.91 bits per heavy atom. The van der Waals surface area contributed by atoms with Gasteiger partial charge >= 0.3 is 24.3 Å². The fourth-order valence-corrected chi connectivity index (χ4v) is 2.64. The summed E-state index contributed by atoms with van der Waals surface area (Å²) in [4.78, 5) is 33.1. The molecule has 0 spiro atoms. The Balaban J connectivity index is 0.000000324. The van der Waals surface area contributed by atoms with Gasteiger partial charge in [0, 0.05) is 49.8 Å². The average Bonchev–Trinajstić information content (AvgIpc) is 2.92. The van der Waals surface area contributed by atoms with E-state index in [0.717, 1.165) is 38.2 Å². The van der Waals surface area contributed by atoms with E-state index in [2.05, 4.69) is 38.9 Å². The molecule has 3 heterocycles. The first-order valence-corrected chi connectivity index (χ1v) is 9.22. The van der Waals surface area contributed by atoms with Crippen molar-refractivity contribution in [3.05, 3.63) is 53.4 Å². The topological polar surface area (TPSA) is 117 Å². The van der Waals surface area contributed by atoms with Crippen molar-refractivity contribution in [3.63, 3.8) is 0 Å². The molecule has 2 aromatic rings. The van der Waals surface area contributed by atoms with E-state index in [9.17, 15) is 26.3 Å². The van der Waals surface area contributed by atoms with Gasteiger partial charge in [-0.1, -0.05) is 0 Å². The van der Waals surface area contributed by atoms with E-state index in [1.165, 1.54) is 16.8 Å². The smallest absolute Gasteiger partial charge is 0.475 e. The van der Waals surface area contributed by atoms with Gasteiger partial charge in [-0.05, 0) is 36.6 Å². The summed E-state index contributed by atoms with van der Waals surface area (Å²) in [5.41, 5.74) is 5.03. The van der Waals surface area contributed by atoms with Crippen molar-refractivity contribution < 1.29 is 46.1 Å². The number of hydrogen-bond donors (Lipinski definition) is 2. The van der Waals surface area contributed by atoms with Crippen LogP contribution in [0.4, 0.5) is 26.3 Å². The molecule has 0 bridgehead atoms. The molecular formula is C19H20F6N4O4. The minimum atomic E-state index is -5.08. The van der Waals surface area contributed by atoms with Gasteiger partial charge in [0.25, 0.3) is 0 Å². The summed E-state index contributed by atoms with van der Waals surface area (Å²) >= 11 is 0. The van der Waals surface area contributed by atoms with Crippen molar-refractivity contribution in [2.45, 2.75) is 38.7 Å². The lowest BCUT2D eigenvalue weighted by molar-refractivity contribution is -0.193. The van der Waals surface area contributed by atoms with Crippen molar-refractivity contribution in [2.75, 3.05) is 13.1 Å². The fourth-order valence-electron chi connectivity index (χ4n) is 2.64. The molecular weight excluding hydrogens is 462 g/mol. The highest BCUT2D eigenvalue weighted by atomic mass is 19.4. The molecule has 0 radical (unpaired) electrons. The van der Waals surface area contributed by atoms with Crippen molar-refractivity contribution in [2.24, 2.45) is 0 Å². The molecule has 0 amide bonds. The van der Waals surface area contributed by atoms with Crippen molar-refractivity contribution >= 4 is 11.9 Å². The zero-order valence-corrected chi connectivity index (χ0v) is 17.2. The van der Waals surface area contributed by atoms with E-state index in [0.29, 0.717) is 0 Å². The first-order valence-electron chi connectivity index (χ1n) is 9.22. The minimum absolute atomic E-state index is 0.989. The van der Waals surface area contributed by atoms with Crippen LogP contribution < -0.4 is 0 Å². The minimum Gasteiger partial charge on any atom is -0.475 e. The van der Waals surface area contributed by atoms with Gasteiger partial charge in [-0.15, -0.1) is 0 Å². The predicted octanol–water partition coefficient (Wildman–Crippen LogP) is 3.05. The van der Waals surface area contributed by atoms with Crippen molar-refractivity contribution in [3.8, 4) is 0 Å². The Labute approximate surface area is 183 Å². The van der Waals surface area contributed by atoms with E-state index in [1.807, 2.05) is 12.4 Å². The van der Waals surface area contributed by atoms with Gasteiger partial charge in [-0.25, -0.2) is 19.6 Å². The molecule has 0 fully saturated rings. The molecule has 14 heteroatoms. The van der Waals surface area contributed by atoms with Gasteiger partial charge in [0.05, 0.1) is 0 Å². The highest BCUT2D eigenvalue weighted by Gasteiger charge is 2.38. The SMILES string of the molecule is Cc1ncnc2c1CCN(Cc1ccncc1)CC2.O=C(O)C(F)(F)F.O=C(O)C(F)(F)F. The second kappa shape index (κ2) is 12.1. The first kappa shape index (κ1) is 27.7. The first-order chi connectivity index (χ1) is 15.2. The highest BCUT2D eigenvalue weighted by Crippen LogP contribution is 2.17. The number of halogens is 6. The van der Waals surface area contributed by atoms with E-state index < -0.39 is 24.3 Å². The Kier molecular flexibility index (Phi) is 10.2. The van der Waals surface area contributed by atoms with E-state index in [4.69, 9.17) is 19.8 Å². The summed E-state index contributed by atoms with van der Waals surface area (Å²) in [7, 11) is 0. The lowest BCUT2D eigenvalue weighted by Crippen LogP contribution is -2.25. The number of carboxylic acid groups (broad SMARTS) is 2. The van der Waals surface area contributed by atoms with Crippen LogP contribution in [-0.2, 0) is 29.0 Å². The van der Waals surface area contributed by atoms with Crippen molar-refractivity contribution in [1.29, 1.82) is 0 Å². The lowest BCUT2D eigenvalue weighted by atomic mass is 10.1. The zero-order valence-electron chi connectivity index (χ0n) is 17.2. The van der Waals surface area contributed by atoms with Crippen LogP contribution in [0.15, 0.2) is 30.9 Å². The van der Waals surface area contributed by atoms with Crippen LogP contribution in [0.3, 0.4) is 0 Å². The van der Waals surface area contributed by atoms with E-state index in [1.54, 1.807) is 6.33 Å². The Hall–Kier alpha value is -3.29. The molecule has 0 unspecified atom stereocenters. The zero-order chi connectivity index (χ0) is 25.2. The number of rotatable bonds is 2. The largest absolute Gasteiger partial charge is 0.490 e.